The number of aromatic nitrogens is 4. The third kappa shape index (κ3) is 6.50. The van der Waals surface area contributed by atoms with E-state index in [1.807, 2.05) is 42.4 Å². The molecule has 246 valence electrons. The number of nitrogens with zero attached hydrogens (tertiary/aromatic N) is 6. The summed E-state index contributed by atoms with van der Waals surface area (Å²) >= 11 is 0. The second-order valence-electron chi connectivity index (χ2n) is 13.1. The van der Waals surface area contributed by atoms with Gasteiger partial charge in [0.15, 0.2) is 5.82 Å². The van der Waals surface area contributed by atoms with Crippen LogP contribution in [0.1, 0.15) is 25.8 Å². The first-order chi connectivity index (χ1) is 23.2. The van der Waals surface area contributed by atoms with Crippen LogP contribution in [0.3, 0.4) is 0 Å². The zero-order valence-electron chi connectivity index (χ0n) is 27.4. The Labute approximate surface area is 279 Å². The predicted molar refractivity (Wildman–Crippen MR) is 185 cm³/mol. The van der Waals surface area contributed by atoms with Crippen molar-refractivity contribution in [3.63, 3.8) is 0 Å². The van der Waals surface area contributed by atoms with E-state index in [2.05, 4.69) is 73.4 Å². The third-order valence-electron chi connectivity index (χ3n) is 9.49. The second kappa shape index (κ2) is 13.2. The van der Waals surface area contributed by atoms with Crippen molar-refractivity contribution in [3.8, 4) is 22.6 Å². The quantitative estimate of drug-likeness (QED) is 0.240. The fourth-order valence-electron chi connectivity index (χ4n) is 6.82. The molecule has 5 aromatic rings. The van der Waals surface area contributed by atoms with Crippen LogP contribution < -0.4 is 10.2 Å². The number of aromatic amines is 1. The molecule has 7 rings (SSSR count). The number of amides is 2. The first kappa shape index (κ1) is 31.4. The first-order valence-corrected chi connectivity index (χ1v) is 16.4. The smallest absolute Gasteiger partial charge is 0.237 e. The van der Waals surface area contributed by atoms with Crippen molar-refractivity contribution >= 4 is 34.1 Å². The van der Waals surface area contributed by atoms with Crippen molar-refractivity contribution in [2.75, 3.05) is 42.9 Å². The maximum absolute atomic E-state index is 13.5. The molecule has 1 unspecified atom stereocenters. The van der Waals surface area contributed by atoms with Gasteiger partial charge >= 0.3 is 0 Å². The number of benzene rings is 3. The topological polar surface area (TPSA) is 110 Å². The minimum Gasteiger partial charge on any atom is -0.365 e. The fraction of sp³-hybridized carbons (Fsp3) is 0.324. The van der Waals surface area contributed by atoms with Gasteiger partial charge in [-0.3, -0.25) is 19.6 Å². The Bertz CT molecular complexity index is 1930. The molecule has 0 aliphatic carbocycles. The molecule has 2 saturated heterocycles. The van der Waals surface area contributed by atoms with Gasteiger partial charge in [0, 0.05) is 72.0 Å². The van der Waals surface area contributed by atoms with E-state index in [9.17, 15) is 14.0 Å². The maximum atomic E-state index is 13.5. The molecular weight excluding hydrogens is 607 g/mol. The molecule has 3 aromatic carbocycles. The predicted octanol–water partition coefficient (Wildman–Crippen LogP) is 5.52. The summed E-state index contributed by atoms with van der Waals surface area (Å²) in [5.74, 6) is 0.252. The summed E-state index contributed by atoms with van der Waals surface area (Å²) in [6, 6.07) is 20.4. The van der Waals surface area contributed by atoms with Gasteiger partial charge in [-0.05, 0) is 106 Å². The first-order valence-electron chi connectivity index (χ1n) is 16.4. The molecule has 2 fully saturated rings. The van der Waals surface area contributed by atoms with Crippen molar-refractivity contribution in [3.05, 3.63) is 90.5 Å². The van der Waals surface area contributed by atoms with Gasteiger partial charge in [0.2, 0.25) is 11.8 Å². The maximum Gasteiger partial charge on any atom is 0.237 e. The number of hydrogen-bond acceptors (Lipinski definition) is 7. The molecule has 4 heterocycles. The van der Waals surface area contributed by atoms with E-state index in [4.69, 9.17) is 0 Å². The molecule has 0 bridgehead atoms. The summed E-state index contributed by atoms with van der Waals surface area (Å²) in [4.78, 5) is 42.0. The van der Waals surface area contributed by atoms with E-state index in [1.165, 1.54) is 12.1 Å². The summed E-state index contributed by atoms with van der Waals surface area (Å²) in [5.41, 5.74) is 6.12. The van der Waals surface area contributed by atoms with Crippen LogP contribution in [0.15, 0.2) is 79.1 Å². The molecule has 0 radical (unpaired) electrons. The zero-order chi connectivity index (χ0) is 33.4. The molecule has 2 aliphatic rings. The highest BCUT2D eigenvalue weighted by Gasteiger charge is 2.35. The van der Waals surface area contributed by atoms with Gasteiger partial charge in [0.05, 0.1) is 23.7 Å². The van der Waals surface area contributed by atoms with Gasteiger partial charge in [-0.25, -0.2) is 14.4 Å². The number of aryl methyl sites for hydroxylation is 1. The summed E-state index contributed by atoms with van der Waals surface area (Å²) < 4.78 is 13.4. The van der Waals surface area contributed by atoms with Crippen molar-refractivity contribution < 1.29 is 14.0 Å². The number of fused-ring (bicyclic) bond motifs is 1. The minimum absolute atomic E-state index is 0.0523. The monoisotopic (exact) mass is 646 g/mol. The fourth-order valence-corrected chi connectivity index (χ4v) is 6.82. The summed E-state index contributed by atoms with van der Waals surface area (Å²) in [6.07, 6.45) is 4.35. The van der Waals surface area contributed by atoms with E-state index in [-0.39, 0.29) is 35.6 Å². The standard InChI is InChI=1S/C37H39FN8O2/c1-23-17-39-36(40-18-23)27-6-11-31(12-7-27)45-19-25(3)46(20-24(45)2)34(47)22-44-15-14-28(21-44)37(48)41-30-10-13-32-33(16-30)42-43-35(32)26-4-8-29(38)9-5-26/h4-13,16-18,24-25,28H,14-15,19-22H2,1-3H3,(H,41,48)(H,42,43)/t24-,25+,28?/m0/s1. The zero-order valence-corrected chi connectivity index (χ0v) is 27.4. The Kier molecular flexibility index (Phi) is 8.62. The lowest BCUT2D eigenvalue weighted by Crippen LogP contribution is -2.59. The van der Waals surface area contributed by atoms with Crippen LogP contribution in [0.4, 0.5) is 15.8 Å². The van der Waals surface area contributed by atoms with Gasteiger partial charge in [-0.15, -0.1) is 0 Å². The normalized spacial score (nSPS) is 20.0. The lowest BCUT2D eigenvalue weighted by Gasteiger charge is -2.45. The van der Waals surface area contributed by atoms with Gasteiger partial charge in [0.25, 0.3) is 0 Å². The molecular formula is C37H39FN8O2. The largest absolute Gasteiger partial charge is 0.365 e. The van der Waals surface area contributed by atoms with Crippen LogP contribution in [0.2, 0.25) is 0 Å². The second-order valence-corrected chi connectivity index (χ2v) is 13.1. The highest BCUT2D eigenvalue weighted by atomic mass is 19.1. The Morgan fingerprint density at radius 1 is 0.917 bits per heavy atom. The Morgan fingerprint density at radius 3 is 2.40 bits per heavy atom. The minimum atomic E-state index is -0.297. The summed E-state index contributed by atoms with van der Waals surface area (Å²) in [6.45, 7) is 9.15. The lowest BCUT2D eigenvalue weighted by atomic mass is 10.1. The molecule has 3 atom stereocenters. The lowest BCUT2D eigenvalue weighted by molar-refractivity contribution is -0.135. The van der Waals surface area contributed by atoms with Crippen LogP contribution >= 0.6 is 0 Å². The van der Waals surface area contributed by atoms with Crippen LogP contribution in [-0.2, 0) is 9.59 Å². The molecule has 11 heteroatoms. The number of anilines is 2. The average Bonchev–Trinajstić information content (AvgIpc) is 3.74. The molecule has 0 spiro atoms. The van der Waals surface area contributed by atoms with Crippen molar-refractivity contribution in [2.24, 2.45) is 5.92 Å². The highest BCUT2D eigenvalue weighted by Crippen LogP contribution is 2.30. The van der Waals surface area contributed by atoms with E-state index in [0.29, 0.717) is 44.1 Å². The molecule has 2 amide bonds. The highest BCUT2D eigenvalue weighted by molar-refractivity contribution is 5.98. The average molecular weight is 647 g/mol. The van der Waals surface area contributed by atoms with E-state index in [0.717, 1.165) is 45.5 Å². The van der Waals surface area contributed by atoms with Crippen LogP contribution in [0, 0.1) is 18.7 Å². The number of rotatable bonds is 7. The third-order valence-corrected chi connectivity index (χ3v) is 9.49. The van der Waals surface area contributed by atoms with Gasteiger partial charge in [-0.1, -0.05) is 0 Å². The van der Waals surface area contributed by atoms with Crippen LogP contribution in [-0.4, -0.2) is 86.6 Å². The number of hydrogen-bond donors (Lipinski definition) is 2. The van der Waals surface area contributed by atoms with Crippen molar-refractivity contribution in [1.82, 2.24) is 30.0 Å². The van der Waals surface area contributed by atoms with Gasteiger partial charge in [-0.2, -0.15) is 5.10 Å². The van der Waals surface area contributed by atoms with E-state index < -0.39 is 0 Å². The molecule has 2 aliphatic heterocycles. The number of halogens is 1. The van der Waals surface area contributed by atoms with Gasteiger partial charge in [0.1, 0.15) is 5.82 Å². The van der Waals surface area contributed by atoms with Crippen LogP contribution in [0.5, 0.6) is 0 Å². The summed E-state index contributed by atoms with van der Waals surface area (Å²) in [5, 5.41) is 11.4. The Hall–Kier alpha value is -5.16. The SMILES string of the molecule is Cc1cnc(-c2ccc(N3C[C@@H](C)N(C(=O)CN4CCC(C(=O)Nc5ccc6c(-c7ccc(F)cc7)n[nH]c6c5)C4)C[C@@H]3C)cc2)nc1. The van der Waals surface area contributed by atoms with Crippen LogP contribution in [0.25, 0.3) is 33.5 Å². The molecule has 0 saturated carbocycles. The summed E-state index contributed by atoms with van der Waals surface area (Å²) in [7, 11) is 0. The van der Waals surface area contributed by atoms with E-state index >= 15 is 0 Å². The number of likely N-dealkylation sites (tertiary alicyclic amines) is 1. The number of carbonyl (C=O) groups is 2. The van der Waals surface area contributed by atoms with Crippen molar-refractivity contribution in [2.45, 2.75) is 39.3 Å². The van der Waals surface area contributed by atoms with E-state index in [1.54, 1.807) is 12.1 Å². The molecule has 10 nitrogen and oxygen atoms in total. The van der Waals surface area contributed by atoms with Gasteiger partial charge < -0.3 is 15.1 Å². The number of piperazine rings is 1. The Morgan fingerprint density at radius 2 is 1.65 bits per heavy atom. The number of nitrogens with one attached hydrogen (secondary N) is 2. The number of H-pyrrole nitrogens is 1. The molecule has 2 aromatic heterocycles. The van der Waals surface area contributed by atoms with Crippen molar-refractivity contribution in [1.29, 1.82) is 0 Å². The number of carbonyl (C=O) groups excluding carboxylic acids is 2. The Balaban J connectivity index is 0.917. The molecule has 2 N–H and O–H groups in total. The molecule has 48 heavy (non-hydrogen) atoms.